The number of hydrogen-bond donors (Lipinski definition) is 1. The second kappa shape index (κ2) is 7.57. The van der Waals surface area contributed by atoms with Gasteiger partial charge in [0, 0.05) is 23.7 Å². The summed E-state index contributed by atoms with van der Waals surface area (Å²) in [6, 6.07) is 6.75. The number of nitrogens with zero attached hydrogens (tertiary/aromatic N) is 1. The predicted molar refractivity (Wildman–Crippen MR) is 89.0 cm³/mol. The van der Waals surface area contributed by atoms with Gasteiger partial charge in [-0.3, -0.25) is 0 Å². The molecule has 0 bridgehead atoms. The Morgan fingerprint density at radius 1 is 1.29 bits per heavy atom. The zero-order valence-corrected chi connectivity index (χ0v) is 14.1. The molecule has 0 amide bonds. The molecule has 0 aliphatic heterocycles. The van der Waals surface area contributed by atoms with Gasteiger partial charge in [0.2, 0.25) is 0 Å². The largest absolute Gasteiger partial charge is 0.486 e. The van der Waals surface area contributed by atoms with Crippen molar-refractivity contribution in [3.63, 3.8) is 0 Å². The maximum absolute atomic E-state index is 5.94. The molecule has 1 atom stereocenters. The summed E-state index contributed by atoms with van der Waals surface area (Å²) in [6.07, 6.45) is 3.09. The van der Waals surface area contributed by atoms with Crippen molar-refractivity contribution in [3.8, 4) is 5.75 Å². The Kier molecular flexibility index (Phi) is 5.76. The van der Waals surface area contributed by atoms with Crippen LogP contribution in [-0.2, 0) is 13.2 Å². The molecule has 3 nitrogen and oxygen atoms in total. The molecule has 1 unspecified atom stereocenters. The topological polar surface area (TPSA) is 34.2 Å². The average molecular weight is 304 g/mol. The molecule has 0 aliphatic rings. The molecule has 2 rings (SSSR count). The molecule has 1 heterocycles. The number of nitrogens with one attached hydrogen (secondary N) is 1. The van der Waals surface area contributed by atoms with E-state index in [-0.39, 0.29) is 0 Å². The van der Waals surface area contributed by atoms with Crippen molar-refractivity contribution in [1.82, 2.24) is 10.3 Å². The van der Waals surface area contributed by atoms with Crippen molar-refractivity contribution in [2.75, 3.05) is 0 Å². The summed E-state index contributed by atoms with van der Waals surface area (Å²) in [5.41, 5.74) is 2.34. The summed E-state index contributed by atoms with van der Waals surface area (Å²) in [4.78, 5) is 5.71. The summed E-state index contributed by atoms with van der Waals surface area (Å²) in [5, 5.41) is 4.51. The fourth-order valence-corrected chi connectivity index (χ4v) is 2.86. The van der Waals surface area contributed by atoms with E-state index >= 15 is 0 Å². The Morgan fingerprint density at radius 2 is 2.00 bits per heavy atom. The molecule has 0 spiro atoms. The van der Waals surface area contributed by atoms with Crippen LogP contribution in [0.5, 0.6) is 5.75 Å². The molecule has 1 N–H and O–H groups in total. The Bertz CT molecular complexity index is 560. The molecule has 1 aromatic carbocycles. The number of aromatic nitrogens is 1. The van der Waals surface area contributed by atoms with Gasteiger partial charge >= 0.3 is 0 Å². The highest BCUT2D eigenvalue weighted by molar-refractivity contribution is 7.11. The molecule has 0 fully saturated rings. The number of aryl methyl sites for hydroxylation is 2. The van der Waals surface area contributed by atoms with Crippen LogP contribution in [0.15, 0.2) is 24.4 Å². The lowest BCUT2D eigenvalue weighted by Gasteiger charge is -2.10. The lowest BCUT2D eigenvalue weighted by atomic mass is 10.1. The van der Waals surface area contributed by atoms with Gasteiger partial charge in [0.05, 0.1) is 0 Å². The van der Waals surface area contributed by atoms with Crippen LogP contribution in [0.2, 0.25) is 0 Å². The SMILES string of the molecule is CCC(C)NCc1cnc(COc2c(C)cccc2C)s1. The minimum atomic E-state index is 0.541. The first-order chi connectivity index (χ1) is 10.1. The van der Waals surface area contributed by atoms with Gasteiger partial charge in [-0.25, -0.2) is 4.98 Å². The van der Waals surface area contributed by atoms with E-state index < -0.39 is 0 Å². The number of benzene rings is 1. The van der Waals surface area contributed by atoms with Gasteiger partial charge in [-0.1, -0.05) is 25.1 Å². The van der Waals surface area contributed by atoms with Crippen molar-refractivity contribution in [1.29, 1.82) is 0 Å². The van der Waals surface area contributed by atoms with Gasteiger partial charge in [0.25, 0.3) is 0 Å². The average Bonchev–Trinajstić information content (AvgIpc) is 2.92. The molecule has 114 valence electrons. The van der Waals surface area contributed by atoms with Crippen molar-refractivity contribution in [2.24, 2.45) is 0 Å². The molecule has 4 heteroatoms. The third-order valence-corrected chi connectivity index (χ3v) is 4.56. The van der Waals surface area contributed by atoms with Gasteiger partial charge in [-0.2, -0.15) is 0 Å². The maximum atomic E-state index is 5.94. The Balaban J connectivity index is 1.91. The van der Waals surface area contributed by atoms with Crippen molar-refractivity contribution < 1.29 is 4.74 Å². The third-order valence-electron chi connectivity index (χ3n) is 3.59. The third kappa shape index (κ3) is 4.55. The molecule has 2 aromatic rings. The van der Waals surface area contributed by atoms with E-state index in [1.165, 1.54) is 16.0 Å². The number of ether oxygens (including phenoxy) is 1. The normalized spacial score (nSPS) is 12.4. The predicted octanol–water partition coefficient (Wildman–Crippen LogP) is 4.23. The molecule has 0 saturated heterocycles. The lowest BCUT2D eigenvalue weighted by molar-refractivity contribution is 0.301. The van der Waals surface area contributed by atoms with Crippen LogP contribution < -0.4 is 10.1 Å². The Morgan fingerprint density at radius 3 is 2.67 bits per heavy atom. The first kappa shape index (κ1) is 16.0. The monoisotopic (exact) mass is 304 g/mol. The molecular weight excluding hydrogens is 280 g/mol. The van der Waals surface area contributed by atoms with Crippen LogP contribution in [0, 0.1) is 13.8 Å². The number of rotatable bonds is 7. The van der Waals surface area contributed by atoms with E-state index in [0.717, 1.165) is 23.7 Å². The lowest BCUT2D eigenvalue weighted by Crippen LogP contribution is -2.23. The molecule has 0 saturated carbocycles. The first-order valence-electron chi connectivity index (χ1n) is 7.46. The first-order valence-corrected chi connectivity index (χ1v) is 8.27. The summed E-state index contributed by atoms with van der Waals surface area (Å²) in [5.74, 6) is 0.979. The number of hydrogen-bond acceptors (Lipinski definition) is 4. The Hall–Kier alpha value is -1.39. The summed E-state index contributed by atoms with van der Waals surface area (Å²) < 4.78 is 5.94. The van der Waals surface area contributed by atoms with Crippen LogP contribution >= 0.6 is 11.3 Å². The second-order valence-electron chi connectivity index (χ2n) is 5.42. The molecule has 0 aliphatic carbocycles. The van der Waals surface area contributed by atoms with Gasteiger partial charge in [-0.05, 0) is 38.3 Å². The van der Waals surface area contributed by atoms with Gasteiger partial charge in [0.15, 0.2) is 0 Å². The zero-order valence-electron chi connectivity index (χ0n) is 13.3. The van der Waals surface area contributed by atoms with Crippen LogP contribution in [0.1, 0.15) is 41.3 Å². The number of para-hydroxylation sites is 1. The summed E-state index contributed by atoms with van der Waals surface area (Å²) >= 11 is 1.72. The minimum absolute atomic E-state index is 0.541. The fourth-order valence-electron chi connectivity index (χ4n) is 2.08. The van der Waals surface area contributed by atoms with Crippen LogP contribution in [-0.4, -0.2) is 11.0 Å². The highest BCUT2D eigenvalue weighted by Gasteiger charge is 2.07. The highest BCUT2D eigenvalue weighted by Crippen LogP contribution is 2.24. The van der Waals surface area contributed by atoms with Gasteiger partial charge in [-0.15, -0.1) is 11.3 Å². The van der Waals surface area contributed by atoms with Gasteiger partial charge < -0.3 is 10.1 Å². The van der Waals surface area contributed by atoms with Crippen LogP contribution in [0.4, 0.5) is 0 Å². The van der Waals surface area contributed by atoms with Crippen LogP contribution in [0.25, 0.3) is 0 Å². The number of thiazole rings is 1. The quantitative estimate of drug-likeness (QED) is 0.831. The Labute approximate surface area is 131 Å². The summed E-state index contributed by atoms with van der Waals surface area (Å²) in [6.45, 7) is 9.97. The van der Waals surface area contributed by atoms with E-state index in [1.54, 1.807) is 11.3 Å². The molecule has 0 radical (unpaired) electrons. The van der Waals surface area contributed by atoms with E-state index in [1.807, 2.05) is 6.20 Å². The molecular formula is C17H24N2OS. The van der Waals surface area contributed by atoms with E-state index in [4.69, 9.17) is 4.74 Å². The van der Waals surface area contributed by atoms with Crippen molar-refractivity contribution in [3.05, 3.63) is 45.4 Å². The minimum Gasteiger partial charge on any atom is -0.486 e. The zero-order chi connectivity index (χ0) is 15.2. The smallest absolute Gasteiger partial charge is 0.140 e. The fraction of sp³-hybridized carbons (Fsp3) is 0.471. The van der Waals surface area contributed by atoms with E-state index in [9.17, 15) is 0 Å². The molecule has 1 aromatic heterocycles. The van der Waals surface area contributed by atoms with E-state index in [2.05, 4.69) is 56.2 Å². The highest BCUT2D eigenvalue weighted by atomic mass is 32.1. The van der Waals surface area contributed by atoms with Crippen molar-refractivity contribution >= 4 is 11.3 Å². The molecule has 21 heavy (non-hydrogen) atoms. The van der Waals surface area contributed by atoms with Gasteiger partial charge in [0.1, 0.15) is 17.4 Å². The summed E-state index contributed by atoms with van der Waals surface area (Å²) in [7, 11) is 0. The van der Waals surface area contributed by atoms with Crippen molar-refractivity contribution in [2.45, 2.75) is 53.3 Å². The second-order valence-corrected chi connectivity index (χ2v) is 6.62. The van der Waals surface area contributed by atoms with E-state index in [0.29, 0.717) is 12.6 Å². The standard InChI is InChI=1S/C17H24N2OS/c1-5-14(4)18-9-15-10-19-16(21-15)11-20-17-12(2)7-6-8-13(17)3/h6-8,10,14,18H,5,9,11H2,1-4H3. The maximum Gasteiger partial charge on any atom is 0.140 e. The van der Waals surface area contributed by atoms with Crippen LogP contribution in [0.3, 0.4) is 0 Å².